The lowest BCUT2D eigenvalue weighted by atomic mass is 10.1. The molecule has 0 atom stereocenters. The van der Waals surface area contributed by atoms with Gasteiger partial charge in [0.05, 0.1) is 31.2 Å². The first-order chi connectivity index (χ1) is 7.59. The molecule has 0 unspecified atom stereocenters. The molecule has 1 nitrogen and oxygen atoms in total. The molecule has 0 aliphatic heterocycles. The van der Waals surface area contributed by atoms with Gasteiger partial charge in [0.15, 0.2) is 0 Å². The van der Waals surface area contributed by atoms with Gasteiger partial charge >= 0.3 is 6.18 Å². The van der Waals surface area contributed by atoms with Crippen molar-refractivity contribution in [2.45, 2.75) is 6.18 Å². The van der Waals surface area contributed by atoms with Crippen molar-refractivity contribution >= 4 is 63.2 Å². The molecule has 0 amide bonds. The molecule has 9 heteroatoms. The van der Waals surface area contributed by atoms with E-state index in [1.54, 1.807) is 0 Å². The zero-order valence-corrected chi connectivity index (χ0v) is 11.2. The SMILES string of the molecule is O=C(Cl)c1c(Cl)c(Cl)c(C(F)(F)F)c(Cl)c1Cl. The third-order valence-electron chi connectivity index (χ3n) is 1.74. The largest absolute Gasteiger partial charge is 0.419 e. The van der Waals surface area contributed by atoms with Crippen molar-refractivity contribution < 1.29 is 18.0 Å². The van der Waals surface area contributed by atoms with Crippen LogP contribution in [0.2, 0.25) is 20.1 Å². The Labute approximate surface area is 118 Å². The van der Waals surface area contributed by atoms with Crippen LogP contribution in [0.4, 0.5) is 13.2 Å². The monoisotopic (exact) mass is 344 g/mol. The second kappa shape index (κ2) is 5.02. The van der Waals surface area contributed by atoms with Crippen LogP contribution in [0.3, 0.4) is 0 Å². The van der Waals surface area contributed by atoms with Gasteiger partial charge in [-0.2, -0.15) is 13.2 Å². The second-order valence-corrected chi connectivity index (χ2v) is 4.63. The van der Waals surface area contributed by atoms with Gasteiger partial charge < -0.3 is 0 Å². The van der Waals surface area contributed by atoms with Crippen molar-refractivity contribution in [3.8, 4) is 0 Å². The number of carbonyl (C=O) groups is 1. The molecule has 0 N–H and O–H groups in total. The molecule has 0 fully saturated rings. The molecule has 0 heterocycles. The summed E-state index contributed by atoms with van der Waals surface area (Å²) >= 11 is 26.9. The van der Waals surface area contributed by atoms with Gasteiger partial charge in [-0.15, -0.1) is 0 Å². The highest BCUT2D eigenvalue weighted by atomic mass is 35.5. The molecule has 0 radical (unpaired) electrons. The average Bonchev–Trinajstić information content (AvgIpc) is 2.12. The minimum Gasteiger partial charge on any atom is -0.275 e. The number of carbonyl (C=O) groups excluding carboxylic acids is 1. The van der Waals surface area contributed by atoms with Gasteiger partial charge in [-0.05, 0) is 11.6 Å². The van der Waals surface area contributed by atoms with Gasteiger partial charge in [-0.3, -0.25) is 4.79 Å². The molecule has 0 aliphatic carbocycles. The van der Waals surface area contributed by atoms with E-state index in [0.717, 1.165) is 0 Å². The zero-order chi connectivity index (χ0) is 13.5. The van der Waals surface area contributed by atoms with Gasteiger partial charge in [0, 0.05) is 0 Å². The summed E-state index contributed by atoms with van der Waals surface area (Å²) in [6.45, 7) is 0. The van der Waals surface area contributed by atoms with Crippen LogP contribution in [-0.4, -0.2) is 5.24 Å². The predicted molar refractivity (Wildman–Crippen MR) is 61.7 cm³/mol. The molecule has 0 aliphatic rings. The van der Waals surface area contributed by atoms with E-state index in [1.807, 2.05) is 0 Å². The molecule has 94 valence electrons. The van der Waals surface area contributed by atoms with Gasteiger partial charge in [-0.25, -0.2) is 0 Å². The molecule has 1 rings (SSSR count). The maximum Gasteiger partial charge on any atom is 0.419 e. The van der Waals surface area contributed by atoms with Gasteiger partial charge in [0.2, 0.25) is 0 Å². The topological polar surface area (TPSA) is 17.1 Å². The highest BCUT2D eigenvalue weighted by Gasteiger charge is 2.39. The van der Waals surface area contributed by atoms with Gasteiger partial charge in [0.25, 0.3) is 5.24 Å². The first-order valence-electron chi connectivity index (χ1n) is 3.72. The van der Waals surface area contributed by atoms with Gasteiger partial charge in [0.1, 0.15) is 0 Å². The predicted octanol–water partition coefficient (Wildman–Crippen LogP) is 5.70. The number of hydrogen-bond acceptors (Lipinski definition) is 1. The first kappa shape index (κ1) is 15.2. The third kappa shape index (κ3) is 2.76. The average molecular weight is 346 g/mol. The highest BCUT2D eigenvalue weighted by molar-refractivity contribution is 6.70. The number of hydrogen-bond donors (Lipinski definition) is 0. The Bertz CT molecular complexity index is 468. The summed E-state index contributed by atoms with van der Waals surface area (Å²) in [5, 5.41) is -4.37. The van der Waals surface area contributed by atoms with Crippen LogP contribution in [0, 0.1) is 0 Å². The normalized spacial score (nSPS) is 11.8. The summed E-state index contributed by atoms with van der Waals surface area (Å²) in [6, 6.07) is 0. The number of rotatable bonds is 1. The van der Waals surface area contributed by atoms with E-state index in [9.17, 15) is 18.0 Å². The summed E-state index contributed by atoms with van der Waals surface area (Å²) < 4.78 is 37.8. The Hall–Kier alpha value is 0.130. The number of alkyl halides is 3. The fourth-order valence-corrected chi connectivity index (χ4v) is 2.58. The minimum absolute atomic E-state index is 0.557. The van der Waals surface area contributed by atoms with Crippen molar-refractivity contribution in [1.29, 1.82) is 0 Å². The quantitative estimate of drug-likeness (QED) is 0.471. The van der Waals surface area contributed by atoms with Crippen LogP contribution < -0.4 is 0 Å². The third-order valence-corrected chi connectivity index (χ3v) is 3.64. The molecule has 1 aromatic carbocycles. The molecule has 0 saturated heterocycles. The number of benzene rings is 1. The van der Waals surface area contributed by atoms with Crippen LogP contribution in [-0.2, 0) is 6.18 Å². The minimum atomic E-state index is -4.85. The Morgan fingerprint density at radius 1 is 0.882 bits per heavy atom. The molecule has 0 aromatic heterocycles. The van der Waals surface area contributed by atoms with E-state index in [2.05, 4.69) is 0 Å². The molecule has 17 heavy (non-hydrogen) atoms. The summed E-state index contributed by atoms with van der Waals surface area (Å²) in [7, 11) is 0. The smallest absolute Gasteiger partial charge is 0.275 e. The Kier molecular flexibility index (Phi) is 4.48. The second-order valence-electron chi connectivity index (χ2n) is 2.78. The first-order valence-corrected chi connectivity index (χ1v) is 5.61. The standard InChI is InChI=1S/C8Cl5F3O/c9-3-1(7(13)17)4(10)6(12)2(5(3)11)8(14,15)16. The summed E-state index contributed by atoms with van der Waals surface area (Å²) in [6.07, 6.45) is -4.85. The van der Waals surface area contributed by atoms with Crippen molar-refractivity contribution in [2.75, 3.05) is 0 Å². The fourth-order valence-electron chi connectivity index (χ4n) is 1.05. The summed E-state index contributed by atoms with van der Waals surface area (Å²) in [5.41, 5.74) is -1.96. The molecule has 0 saturated carbocycles. The molecular formula is C8Cl5F3O. The van der Waals surface area contributed by atoms with Crippen LogP contribution in [0.25, 0.3) is 0 Å². The molecule has 0 spiro atoms. The van der Waals surface area contributed by atoms with E-state index in [1.165, 1.54) is 0 Å². The Morgan fingerprint density at radius 3 is 1.47 bits per heavy atom. The Morgan fingerprint density at radius 2 is 1.24 bits per heavy atom. The maximum atomic E-state index is 12.6. The summed E-state index contributed by atoms with van der Waals surface area (Å²) in [4.78, 5) is 11.0. The van der Waals surface area contributed by atoms with Crippen molar-refractivity contribution in [1.82, 2.24) is 0 Å². The van der Waals surface area contributed by atoms with E-state index >= 15 is 0 Å². The fraction of sp³-hybridized carbons (Fsp3) is 0.125. The lowest BCUT2D eigenvalue weighted by Gasteiger charge is -2.15. The van der Waals surface area contributed by atoms with E-state index in [0.29, 0.717) is 0 Å². The van der Waals surface area contributed by atoms with E-state index in [-0.39, 0.29) is 0 Å². The van der Waals surface area contributed by atoms with Crippen molar-refractivity contribution in [3.63, 3.8) is 0 Å². The van der Waals surface area contributed by atoms with Crippen LogP contribution in [0.1, 0.15) is 15.9 Å². The van der Waals surface area contributed by atoms with E-state index in [4.69, 9.17) is 58.0 Å². The molecule has 1 aromatic rings. The van der Waals surface area contributed by atoms with Crippen molar-refractivity contribution in [3.05, 3.63) is 31.2 Å². The van der Waals surface area contributed by atoms with Crippen LogP contribution in [0.15, 0.2) is 0 Å². The van der Waals surface area contributed by atoms with Crippen LogP contribution in [0.5, 0.6) is 0 Å². The lowest BCUT2D eigenvalue weighted by molar-refractivity contribution is -0.137. The van der Waals surface area contributed by atoms with E-state index < -0.39 is 42.6 Å². The molecule has 0 bridgehead atoms. The lowest BCUT2D eigenvalue weighted by Crippen LogP contribution is -2.09. The summed E-state index contributed by atoms with van der Waals surface area (Å²) in [5.74, 6) is 0. The Balaban J connectivity index is 3.77. The van der Waals surface area contributed by atoms with Crippen molar-refractivity contribution in [2.24, 2.45) is 0 Å². The van der Waals surface area contributed by atoms with Crippen LogP contribution >= 0.6 is 58.0 Å². The van der Waals surface area contributed by atoms with Gasteiger partial charge in [-0.1, -0.05) is 46.4 Å². The highest BCUT2D eigenvalue weighted by Crippen LogP contribution is 2.48. The maximum absolute atomic E-state index is 12.6. The number of halogens is 8. The zero-order valence-electron chi connectivity index (χ0n) is 7.43. The molecular weight excluding hydrogens is 346 g/mol.